The molecule has 20 heavy (non-hydrogen) atoms. The molecular weight excluding hydrogens is 382 g/mol. The highest BCUT2D eigenvalue weighted by atomic mass is 79.9. The molecule has 112 valence electrons. The molecular formula is C16H23Br2NO. The van der Waals surface area contributed by atoms with Gasteiger partial charge in [0.2, 0.25) is 0 Å². The van der Waals surface area contributed by atoms with E-state index < -0.39 is 0 Å². The zero-order chi connectivity index (χ0) is 14.5. The Morgan fingerprint density at radius 2 is 1.80 bits per heavy atom. The molecule has 2 rings (SSSR count). The summed E-state index contributed by atoms with van der Waals surface area (Å²) in [6.07, 6.45) is 6.97. The number of methoxy groups -OCH3 is 1. The number of ether oxygens (including phenoxy) is 1. The van der Waals surface area contributed by atoms with E-state index in [1.54, 1.807) is 7.11 Å². The number of hydrogen-bond acceptors (Lipinski definition) is 2. The van der Waals surface area contributed by atoms with Crippen LogP contribution in [0.25, 0.3) is 0 Å². The van der Waals surface area contributed by atoms with Gasteiger partial charge in [-0.1, -0.05) is 19.3 Å². The van der Waals surface area contributed by atoms with Gasteiger partial charge in [0.15, 0.2) is 0 Å². The minimum absolute atomic E-state index is 0.593. The number of hydrogen-bond donors (Lipinski definition) is 1. The molecule has 0 bridgehead atoms. The molecule has 1 aromatic rings. The van der Waals surface area contributed by atoms with Crippen LogP contribution >= 0.6 is 31.9 Å². The van der Waals surface area contributed by atoms with Gasteiger partial charge in [0.1, 0.15) is 5.75 Å². The van der Waals surface area contributed by atoms with Gasteiger partial charge < -0.3 is 10.1 Å². The van der Waals surface area contributed by atoms with Crippen LogP contribution in [0.2, 0.25) is 0 Å². The van der Waals surface area contributed by atoms with Gasteiger partial charge in [-0.2, -0.15) is 0 Å². The lowest BCUT2D eigenvalue weighted by Crippen LogP contribution is -2.34. The second kappa shape index (κ2) is 7.81. The van der Waals surface area contributed by atoms with Crippen LogP contribution in [-0.2, 0) is 6.54 Å². The molecule has 1 N–H and O–H groups in total. The summed E-state index contributed by atoms with van der Waals surface area (Å²) in [5.41, 5.74) is 1.27. The highest BCUT2D eigenvalue weighted by Gasteiger charge is 2.19. The molecule has 0 radical (unpaired) electrons. The van der Waals surface area contributed by atoms with Crippen LogP contribution in [0.15, 0.2) is 21.1 Å². The maximum atomic E-state index is 5.34. The fraction of sp³-hybridized carbons (Fsp3) is 0.625. The Bertz CT molecular complexity index is 421. The van der Waals surface area contributed by atoms with E-state index in [-0.39, 0.29) is 0 Å². The van der Waals surface area contributed by atoms with E-state index in [0.717, 1.165) is 27.2 Å². The van der Waals surface area contributed by atoms with Crippen molar-refractivity contribution in [1.82, 2.24) is 5.32 Å². The summed E-state index contributed by atoms with van der Waals surface area (Å²) in [6.45, 7) is 3.22. The van der Waals surface area contributed by atoms with Crippen molar-refractivity contribution in [2.45, 2.75) is 51.6 Å². The van der Waals surface area contributed by atoms with Crippen molar-refractivity contribution in [1.29, 1.82) is 0 Å². The third-order valence-electron chi connectivity index (χ3n) is 4.25. The zero-order valence-corrected chi connectivity index (χ0v) is 15.4. The van der Waals surface area contributed by atoms with Crippen LogP contribution in [0.5, 0.6) is 5.75 Å². The summed E-state index contributed by atoms with van der Waals surface area (Å²) in [5, 5.41) is 3.68. The van der Waals surface area contributed by atoms with Gasteiger partial charge in [-0.25, -0.2) is 0 Å². The van der Waals surface area contributed by atoms with Crippen molar-refractivity contribution < 1.29 is 4.74 Å². The SMILES string of the molecule is COc1c(Br)cc(CN[C@H](C)C2CCCCC2)cc1Br. The normalized spacial score (nSPS) is 18.0. The lowest BCUT2D eigenvalue weighted by molar-refractivity contribution is 0.280. The second-order valence-electron chi connectivity index (χ2n) is 5.66. The second-order valence-corrected chi connectivity index (χ2v) is 7.37. The fourth-order valence-electron chi connectivity index (χ4n) is 2.99. The first-order valence-electron chi connectivity index (χ1n) is 7.37. The van der Waals surface area contributed by atoms with Crippen molar-refractivity contribution in [2.24, 2.45) is 5.92 Å². The van der Waals surface area contributed by atoms with E-state index in [2.05, 4.69) is 56.2 Å². The molecule has 4 heteroatoms. The quantitative estimate of drug-likeness (QED) is 0.720. The Morgan fingerprint density at radius 1 is 1.20 bits per heavy atom. The van der Waals surface area contributed by atoms with Crippen molar-refractivity contribution >= 4 is 31.9 Å². The Kier molecular flexibility index (Phi) is 6.37. The van der Waals surface area contributed by atoms with Crippen LogP contribution in [-0.4, -0.2) is 13.2 Å². The molecule has 2 nitrogen and oxygen atoms in total. The molecule has 1 aliphatic carbocycles. The molecule has 0 spiro atoms. The van der Waals surface area contributed by atoms with Crippen LogP contribution in [0, 0.1) is 5.92 Å². The molecule has 1 atom stereocenters. The smallest absolute Gasteiger partial charge is 0.147 e. The summed E-state index contributed by atoms with van der Waals surface area (Å²) < 4.78 is 7.33. The van der Waals surface area contributed by atoms with E-state index in [0.29, 0.717) is 6.04 Å². The summed E-state index contributed by atoms with van der Waals surface area (Å²) in [7, 11) is 1.69. The standard InChI is InChI=1S/C16H23Br2NO/c1-11(13-6-4-3-5-7-13)19-10-12-8-14(17)16(20-2)15(18)9-12/h8-9,11,13,19H,3-7,10H2,1-2H3/t11-/m1/s1. The van der Waals surface area contributed by atoms with E-state index >= 15 is 0 Å². The monoisotopic (exact) mass is 403 g/mol. The average Bonchev–Trinajstić information content (AvgIpc) is 2.45. The number of benzene rings is 1. The third-order valence-corrected chi connectivity index (χ3v) is 5.43. The molecule has 1 saturated carbocycles. The topological polar surface area (TPSA) is 21.3 Å². The first-order chi connectivity index (χ1) is 9.61. The molecule has 0 heterocycles. The maximum Gasteiger partial charge on any atom is 0.147 e. The lowest BCUT2D eigenvalue weighted by Gasteiger charge is -2.28. The van der Waals surface area contributed by atoms with Crippen molar-refractivity contribution in [3.05, 3.63) is 26.6 Å². The minimum atomic E-state index is 0.593. The van der Waals surface area contributed by atoms with E-state index in [4.69, 9.17) is 4.74 Å². The van der Waals surface area contributed by atoms with Gasteiger partial charge in [0.05, 0.1) is 16.1 Å². The van der Waals surface area contributed by atoms with Gasteiger partial charge in [0.25, 0.3) is 0 Å². The molecule has 1 aromatic carbocycles. The van der Waals surface area contributed by atoms with Gasteiger partial charge in [-0.15, -0.1) is 0 Å². The first kappa shape index (κ1) is 16.3. The van der Waals surface area contributed by atoms with E-state index in [1.165, 1.54) is 37.7 Å². The number of halogens is 2. The molecule has 0 saturated heterocycles. The molecule has 0 amide bonds. The Balaban J connectivity index is 1.93. The highest BCUT2D eigenvalue weighted by molar-refractivity contribution is 9.11. The van der Waals surface area contributed by atoms with Gasteiger partial charge >= 0.3 is 0 Å². The van der Waals surface area contributed by atoms with Crippen LogP contribution in [0.4, 0.5) is 0 Å². The Labute approximate surface area is 138 Å². The summed E-state index contributed by atoms with van der Waals surface area (Å²) in [5.74, 6) is 1.70. The van der Waals surface area contributed by atoms with Crippen LogP contribution < -0.4 is 10.1 Å². The highest BCUT2D eigenvalue weighted by Crippen LogP contribution is 2.34. The predicted octanol–water partition coefficient (Wildman–Crippen LogP) is 5.28. The molecule has 0 aromatic heterocycles. The Hall–Kier alpha value is -0.0600. The average molecular weight is 405 g/mol. The summed E-state index contributed by atoms with van der Waals surface area (Å²) >= 11 is 7.12. The summed E-state index contributed by atoms with van der Waals surface area (Å²) in [4.78, 5) is 0. The first-order valence-corrected chi connectivity index (χ1v) is 8.95. The number of nitrogens with one attached hydrogen (secondary N) is 1. The fourth-order valence-corrected chi connectivity index (χ4v) is 4.59. The predicted molar refractivity (Wildman–Crippen MR) is 91.3 cm³/mol. The Morgan fingerprint density at radius 3 is 2.35 bits per heavy atom. The molecule has 0 aliphatic heterocycles. The molecule has 1 fully saturated rings. The third kappa shape index (κ3) is 4.22. The number of rotatable bonds is 5. The largest absolute Gasteiger partial charge is 0.494 e. The minimum Gasteiger partial charge on any atom is -0.494 e. The van der Waals surface area contributed by atoms with E-state index in [9.17, 15) is 0 Å². The molecule has 1 aliphatic rings. The lowest BCUT2D eigenvalue weighted by atomic mass is 9.84. The van der Waals surface area contributed by atoms with Crippen LogP contribution in [0.1, 0.15) is 44.6 Å². The summed E-state index contributed by atoms with van der Waals surface area (Å²) in [6, 6.07) is 4.85. The van der Waals surface area contributed by atoms with Crippen molar-refractivity contribution in [3.8, 4) is 5.75 Å². The van der Waals surface area contributed by atoms with Gasteiger partial charge in [0, 0.05) is 12.6 Å². The van der Waals surface area contributed by atoms with E-state index in [1.807, 2.05) is 0 Å². The van der Waals surface area contributed by atoms with Gasteiger partial charge in [-0.05, 0) is 75.2 Å². The van der Waals surface area contributed by atoms with Crippen molar-refractivity contribution in [2.75, 3.05) is 7.11 Å². The molecule has 0 unspecified atom stereocenters. The van der Waals surface area contributed by atoms with Gasteiger partial charge in [-0.3, -0.25) is 0 Å². The zero-order valence-electron chi connectivity index (χ0n) is 12.2. The van der Waals surface area contributed by atoms with Crippen LogP contribution in [0.3, 0.4) is 0 Å². The maximum absolute atomic E-state index is 5.34. The van der Waals surface area contributed by atoms with Crippen molar-refractivity contribution in [3.63, 3.8) is 0 Å².